The molecule has 1 aliphatic heterocycles. The van der Waals surface area contributed by atoms with Crippen LogP contribution in [-0.4, -0.2) is 45.4 Å². The Morgan fingerprint density at radius 2 is 2.12 bits per heavy atom. The third-order valence-electron chi connectivity index (χ3n) is 2.98. The first-order valence-corrected chi connectivity index (χ1v) is 6.85. The van der Waals surface area contributed by atoms with E-state index in [9.17, 15) is 8.42 Å². The number of nitrogens with one attached hydrogen (secondary N) is 2. The van der Waals surface area contributed by atoms with Gasteiger partial charge in [0.2, 0.25) is 0 Å². The minimum Gasteiger partial charge on any atom is -0.315 e. The summed E-state index contributed by atoms with van der Waals surface area (Å²) in [6, 6.07) is 0.0118. The maximum absolute atomic E-state index is 11.8. The van der Waals surface area contributed by atoms with E-state index in [1.54, 1.807) is 7.05 Å². The summed E-state index contributed by atoms with van der Waals surface area (Å²) in [5, 5.41) is 3.20. The highest BCUT2D eigenvalue weighted by molar-refractivity contribution is 7.87. The average Bonchev–Trinajstić information content (AvgIpc) is 2.20. The second-order valence-corrected chi connectivity index (χ2v) is 5.92. The van der Waals surface area contributed by atoms with Gasteiger partial charge in [-0.05, 0) is 18.9 Å². The van der Waals surface area contributed by atoms with Crippen molar-refractivity contribution in [1.29, 1.82) is 0 Å². The molecule has 98 valence electrons. The molecule has 1 fully saturated rings. The molecule has 7 heteroatoms. The average molecular weight is 272 g/mol. The monoisotopic (exact) mass is 271 g/mol. The van der Waals surface area contributed by atoms with E-state index in [1.165, 1.54) is 4.31 Å². The number of halogens is 1. The zero-order valence-corrected chi connectivity index (χ0v) is 11.7. The standard InChI is InChI=1S/C9H21N3O2S.ClH/c1-4-12(3)15(13,14)11-9-7-10-6-5-8(9)2;/h8-11H,4-7H2,1-3H3;1H. The fraction of sp³-hybridized carbons (Fsp3) is 1.00. The fourth-order valence-electron chi connectivity index (χ4n) is 1.60. The van der Waals surface area contributed by atoms with Gasteiger partial charge in [-0.15, -0.1) is 12.4 Å². The molecule has 0 amide bonds. The largest absolute Gasteiger partial charge is 0.315 e. The van der Waals surface area contributed by atoms with E-state index in [0.717, 1.165) is 19.5 Å². The van der Waals surface area contributed by atoms with Gasteiger partial charge in [0.05, 0.1) is 0 Å². The molecule has 2 atom stereocenters. The lowest BCUT2D eigenvalue weighted by Crippen LogP contribution is -2.53. The molecule has 2 unspecified atom stereocenters. The van der Waals surface area contributed by atoms with Crippen molar-refractivity contribution in [3.8, 4) is 0 Å². The van der Waals surface area contributed by atoms with Crippen molar-refractivity contribution in [3.63, 3.8) is 0 Å². The minimum atomic E-state index is -3.30. The zero-order valence-electron chi connectivity index (χ0n) is 10.1. The van der Waals surface area contributed by atoms with Gasteiger partial charge in [0, 0.05) is 26.2 Å². The topological polar surface area (TPSA) is 61.4 Å². The fourth-order valence-corrected chi connectivity index (χ4v) is 2.82. The molecule has 0 bridgehead atoms. The maximum Gasteiger partial charge on any atom is 0.279 e. The molecule has 0 aliphatic carbocycles. The minimum absolute atomic E-state index is 0. The molecular weight excluding hydrogens is 250 g/mol. The summed E-state index contributed by atoms with van der Waals surface area (Å²) in [6.07, 6.45) is 1.02. The molecule has 1 aliphatic rings. The van der Waals surface area contributed by atoms with Crippen molar-refractivity contribution >= 4 is 22.6 Å². The van der Waals surface area contributed by atoms with Gasteiger partial charge in [-0.3, -0.25) is 0 Å². The van der Waals surface area contributed by atoms with E-state index in [2.05, 4.69) is 17.0 Å². The SMILES string of the molecule is CCN(C)S(=O)(=O)NC1CNCCC1C.Cl. The molecule has 0 aromatic rings. The van der Waals surface area contributed by atoms with Crippen LogP contribution in [0.25, 0.3) is 0 Å². The van der Waals surface area contributed by atoms with E-state index in [0.29, 0.717) is 12.5 Å². The van der Waals surface area contributed by atoms with Crippen molar-refractivity contribution < 1.29 is 8.42 Å². The lowest BCUT2D eigenvalue weighted by atomic mass is 9.96. The summed E-state index contributed by atoms with van der Waals surface area (Å²) >= 11 is 0. The van der Waals surface area contributed by atoms with Crippen molar-refractivity contribution in [3.05, 3.63) is 0 Å². The van der Waals surface area contributed by atoms with Crippen LogP contribution in [0.1, 0.15) is 20.3 Å². The van der Waals surface area contributed by atoms with Crippen LogP contribution in [0.4, 0.5) is 0 Å². The summed E-state index contributed by atoms with van der Waals surface area (Å²) in [7, 11) is -1.71. The molecule has 0 spiro atoms. The summed E-state index contributed by atoms with van der Waals surface area (Å²) in [6.45, 7) is 6.09. The first-order valence-electron chi connectivity index (χ1n) is 5.41. The Kier molecular flexibility index (Phi) is 6.81. The summed E-state index contributed by atoms with van der Waals surface area (Å²) in [5.41, 5.74) is 0. The quantitative estimate of drug-likeness (QED) is 0.768. The van der Waals surface area contributed by atoms with Crippen LogP contribution in [0.2, 0.25) is 0 Å². The molecule has 16 heavy (non-hydrogen) atoms. The normalized spacial score (nSPS) is 26.5. The Bertz CT molecular complexity index is 297. The van der Waals surface area contributed by atoms with Gasteiger partial charge in [0.25, 0.3) is 10.2 Å². The second-order valence-electron chi connectivity index (χ2n) is 4.11. The van der Waals surface area contributed by atoms with Crippen LogP contribution < -0.4 is 10.0 Å². The Morgan fingerprint density at radius 3 is 2.62 bits per heavy atom. The van der Waals surface area contributed by atoms with E-state index >= 15 is 0 Å². The highest BCUT2D eigenvalue weighted by Crippen LogP contribution is 2.12. The van der Waals surface area contributed by atoms with Gasteiger partial charge in [-0.2, -0.15) is 17.4 Å². The predicted molar refractivity (Wildman–Crippen MR) is 68.0 cm³/mol. The summed E-state index contributed by atoms with van der Waals surface area (Å²) < 4.78 is 27.6. The third-order valence-corrected chi connectivity index (χ3v) is 4.66. The first kappa shape index (κ1) is 16.1. The van der Waals surface area contributed by atoms with Crippen LogP contribution in [0.3, 0.4) is 0 Å². The summed E-state index contributed by atoms with van der Waals surface area (Å²) in [4.78, 5) is 0. The molecule has 1 heterocycles. The zero-order chi connectivity index (χ0) is 11.5. The number of hydrogen-bond acceptors (Lipinski definition) is 3. The third kappa shape index (κ3) is 4.18. The Labute approximate surface area is 105 Å². The van der Waals surface area contributed by atoms with Crippen molar-refractivity contribution in [2.45, 2.75) is 26.3 Å². The van der Waals surface area contributed by atoms with Gasteiger partial charge in [-0.25, -0.2) is 0 Å². The van der Waals surface area contributed by atoms with Gasteiger partial charge in [-0.1, -0.05) is 13.8 Å². The second kappa shape index (κ2) is 6.76. The molecule has 5 nitrogen and oxygen atoms in total. The highest BCUT2D eigenvalue weighted by Gasteiger charge is 2.27. The molecule has 0 aromatic carbocycles. The van der Waals surface area contributed by atoms with Crippen LogP contribution in [0.15, 0.2) is 0 Å². The van der Waals surface area contributed by atoms with Crippen LogP contribution >= 0.6 is 12.4 Å². The van der Waals surface area contributed by atoms with Crippen molar-refractivity contribution in [1.82, 2.24) is 14.3 Å². The van der Waals surface area contributed by atoms with Gasteiger partial charge in [0.15, 0.2) is 0 Å². The molecule has 0 aromatic heterocycles. The number of piperidine rings is 1. The summed E-state index contributed by atoms with van der Waals surface area (Å²) in [5.74, 6) is 0.395. The first-order chi connectivity index (χ1) is 6.97. The van der Waals surface area contributed by atoms with Gasteiger partial charge < -0.3 is 5.32 Å². The number of nitrogens with zero attached hydrogens (tertiary/aromatic N) is 1. The molecule has 0 radical (unpaired) electrons. The molecular formula is C9H22ClN3O2S. The van der Waals surface area contributed by atoms with Crippen LogP contribution in [0, 0.1) is 5.92 Å². The number of hydrogen-bond donors (Lipinski definition) is 2. The Hall–Kier alpha value is 0.120. The Morgan fingerprint density at radius 1 is 1.50 bits per heavy atom. The highest BCUT2D eigenvalue weighted by atomic mass is 35.5. The van der Waals surface area contributed by atoms with Gasteiger partial charge in [0.1, 0.15) is 0 Å². The van der Waals surface area contributed by atoms with E-state index in [-0.39, 0.29) is 18.4 Å². The van der Waals surface area contributed by atoms with Crippen molar-refractivity contribution in [2.75, 3.05) is 26.7 Å². The predicted octanol–water partition coefficient (Wildman–Crippen LogP) is 0.192. The molecule has 0 saturated carbocycles. The van der Waals surface area contributed by atoms with Crippen molar-refractivity contribution in [2.24, 2.45) is 5.92 Å². The Balaban J connectivity index is 0.00000225. The van der Waals surface area contributed by atoms with E-state index < -0.39 is 10.2 Å². The number of rotatable bonds is 4. The lowest BCUT2D eigenvalue weighted by molar-refractivity contribution is 0.320. The maximum atomic E-state index is 11.8. The van der Waals surface area contributed by atoms with E-state index in [1.807, 2.05) is 6.92 Å². The smallest absolute Gasteiger partial charge is 0.279 e. The molecule has 1 saturated heterocycles. The molecule has 2 N–H and O–H groups in total. The van der Waals surface area contributed by atoms with Gasteiger partial charge >= 0.3 is 0 Å². The van der Waals surface area contributed by atoms with E-state index in [4.69, 9.17) is 0 Å². The molecule has 1 rings (SSSR count). The lowest BCUT2D eigenvalue weighted by Gasteiger charge is -2.31. The van der Waals surface area contributed by atoms with Crippen LogP contribution in [-0.2, 0) is 10.2 Å². The van der Waals surface area contributed by atoms with Crippen LogP contribution in [0.5, 0.6) is 0 Å².